The molecule has 1 aromatic heterocycles. The number of aromatic nitrogens is 3. The van der Waals surface area contributed by atoms with Crippen molar-refractivity contribution >= 4 is 41.5 Å². The lowest BCUT2D eigenvalue weighted by atomic mass is 10.1. The third-order valence-corrected chi connectivity index (χ3v) is 4.39. The highest BCUT2D eigenvalue weighted by Gasteiger charge is 2.06. The minimum atomic E-state index is 0. The van der Waals surface area contributed by atoms with Gasteiger partial charge in [-0.15, -0.1) is 34.2 Å². The maximum atomic E-state index is 6.21. The Balaban J connectivity index is 0.00000280. The van der Waals surface area contributed by atoms with Crippen molar-refractivity contribution in [3.8, 4) is 5.69 Å². The smallest absolute Gasteiger partial charge is 0.191 e. The molecule has 0 atom stereocenters. The van der Waals surface area contributed by atoms with Gasteiger partial charge in [-0.25, -0.2) is 4.99 Å². The predicted octanol–water partition coefficient (Wildman–Crippen LogP) is 3.84. The van der Waals surface area contributed by atoms with E-state index in [0.29, 0.717) is 6.54 Å². The molecule has 0 radical (unpaired) electrons. The minimum Gasteiger partial charge on any atom is -0.357 e. The van der Waals surface area contributed by atoms with E-state index in [0.717, 1.165) is 47.6 Å². The van der Waals surface area contributed by atoms with Gasteiger partial charge in [0.05, 0.1) is 0 Å². The highest BCUT2D eigenvalue weighted by molar-refractivity contribution is 14.0. The molecule has 148 valence electrons. The molecule has 6 nitrogen and oxygen atoms in total. The molecule has 3 rings (SSSR count). The second-order valence-electron chi connectivity index (χ2n) is 5.92. The van der Waals surface area contributed by atoms with E-state index in [9.17, 15) is 0 Å². The first-order valence-electron chi connectivity index (χ1n) is 8.98. The van der Waals surface area contributed by atoms with Crippen LogP contribution in [0.3, 0.4) is 0 Å². The van der Waals surface area contributed by atoms with Crippen molar-refractivity contribution in [3.05, 3.63) is 77.3 Å². The van der Waals surface area contributed by atoms with Crippen LogP contribution < -0.4 is 10.6 Å². The fourth-order valence-corrected chi connectivity index (χ4v) is 2.91. The summed E-state index contributed by atoms with van der Waals surface area (Å²) in [6.07, 6.45) is 2.53. The van der Waals surface area contributed by atoms with Gasteiger partial charge in [0.1, 0.15) is 12.9 Å². The van der Waals surface area contributed by atoms with Crippen LogP contribution in [-0.2, 0) is 13.0 Å². The summed E-state index contributed by atoms with van der Waals surface area (Å²) in [4.78, 5) is 4.63. The van der Waals surface area contributed by atoms with Crippen molar-refractivity contribution in [2.45, 2.75) is 19.9 Å². The second-order valence-corrected chi connectivity index (χ2v) is 6.32. The largest absolute Gasteiger partial charge is 0.357 e. The minimum absolute atomic E-state index is 0. The number of nitrogens with zero attached hydrogens (tertiary/aromatic N) is 4. The highest BCUT2D eigenvalue weighted by atomic mass is 127. The summed E-state index contributed by atoms with van der Waals surface area (Å²) >= 11 is 6.21. The van der Waals surface area contributed by atoms with Gasteiger partial charge in [0.15, 0.2) is 11.8 Å². The number of rotatable bonds is 7. The second kappa shape index (κ2) is 11.7. The van der Waals surface area contributed by atoms with E-state index < -0.39 is 0 Å². The van der Waals surface area contributed by atoms with E-state index in [1.54, 1.807) is 6.33 Å². The van der Waals surface area contributed by atoms with Crippen molar-refractivity contribution in [1.29, 1.82) is 0 Å². The normalized spacial score (nSPS) is 11.0. The number of halogens is 2. The van der Waals surface area contributed by atoms with Crippen LogP contribution in [0.1, 0.15) is 18.3 Å². The topological polar surface area (TPSA) is 67.1 Å². The van der Waals surface area contributed by atoms with Gasteiger partial charge in [0, 0.05) is 23.8 Å². The van der Waals surface area contributed by atoms with Crippen molar-refractivity contribution in [2.75, 3.05) is 13.1 Å². The lowest BCUT2D eigenvalue weighted by molar-refractivity contribution is 0.784. The number of para-hydroxylation sites is 1. The standard InChI is InChI=1S/C20H23ClN6.HI/c1-2-22-20(23-13-12-16-8-6-7-11-18(16)21)24-14-19-26-25-15-27(19)17-9-4-3-5-10-17;/h3-11,15H,2,12-14H2,1H3,(H2,22,23,24);1H. The SMILES string of the molecule is CCNC(=NCc1nncn1-c1ccccc1)NCCc1ccccc1Cl.I. The quantitative estimate of drug-likeness (QED) is 0.288. The monoisotopic (exact) mass is 510 g/mol. The maximum absolute atomic E-state index is 6.21. The summed E-state index contributed by atoms with van der Waals surface area (Å²) in [6, 6.07) is 17.9. The molecule has 3 aromatic rings. The summed E-state index contributed by atoms with van der Waals surface area (Å²) < 4.78 is 1.94. The molecule has 0 bridgehead atoms. The van der Waals surface area contributed by atoms with Crippen molar-refractivity contribution in [2.24, 2.45) is 4.99 Å². The van der Waals surface area contributed by atoms with E-state index in [4.69, 9.17) is 11.6 Å². The number of guanidine groups is 1. The maximum Gasteiger partial charge on any atom is 0.191 e. The van der Waals surface area contributed by atoms with Crippen LogP contribution in [0.25, 0.3) is 5.69 Å². The molecule has 28 heavy (non-hydrogen) atoms. The molecule has 2 N–H and O–H groups in total. The molecule has 0 spiro atoms. The van der Waals surface area contributed by atoms with Gasteiger partial charge < -0.3 is 10.6 Å². The van der Waals surface area contributed by atoms with Gasteiger partial charge in [-0.3, -0.25) is 4.57 Å². The summed E-state index contributed by atoms with van der Waals surface area (Å²) in [5.41, 5.74) is 2.13. The molecule has 0 saturated heterocycles. The van der Waals surface area contributed by atoms with Gasteiger partial charge in [-0.1, -0.05) is 48.0 Å². The van der Waals surface area contributed by atoms with Crippen LogP contribution in [0.4, 0.5) is 0 Å². The predicted molar refractivity (Wildman–Crippen MR) is 125 cm³/mol. The van der Waals surface area contributed by atoms with Gasteiger partial charge in [0.25, 0.3) is 0 Å². The van der Waals surface area contributed by atoms with Crippen molar-refractivity contribution in [3.63, 3.8) is 0 Å². The Labute approximate surface area is 187 Å². The van der Waals surface area contributed by atoms with E-state index in [-0.39, 0.29) is 24.0 Å². The number of aliphatic imine (C=N–C) groups is 1. The molecular formula is C20H24ClIN6. The van der Waals surface area contributed by atoms with Gasteiger partial charge in [0.2, 0.25) is 0 Å². The Morgan fingerprint density at radius 2 is 1.82 bits per heavy atom. The summed E-state index contributed by atoms with van der Waals surface area (Å²) in [5, 5.41) is 15.6. The van der Waals surface area contributed by atoms with E-state index in [1.165, 1.54) is 0 Å². The summed E-state index contributed by atoms with van der Waals surface area (Å²) in [7, 11) is 0. The molecule has 2 aromatic carbocycles. The fourth-order valence-electron chi connectivity index (χ4n) is 2.68. The van der Waals surface area contributed by atoms with E-state index in [1.807, 2.05) is 66.1 Å². The average Bonchev–Trinajstić information content (AvgIpc) is 3.17. The third-order valence-electron chi connectivity index (χ3n) is 4.02. The lowest BCUT2D eigenvalue weighted by Crippen LogP contribution is -2.38. The lowest BCUT2D eigenvalue weighted by Gasteiger charge is -2.12. The summed E-state index contributed by atoms with van der Waals surface area (Å²) in [6.45, 7) is 3.98. The van der Waals surface area contributed by atoms with Crippen LogP contribution in [-0.4, -0.2) is 33.8 Å². The van der Waals surface area contributed by atoms with Crippen molar-refractivity contribution < 1.29 is 0 Å². The molecule has 0 saturated carbocycles. The van der Waals surface area contributed by atoms with Crippen LogP contribution in [0.15, 0.2) is 65.9 Å². The van der Waals surface area contributed by atoms with E-state index in [2.05, 4.69) is 25.8 Å². The zero-order valence-electron chi connectivity index (χ0n) is 15.7. The summed E-state index contributed by atoms with van der Waals surface area (Å²) in [5.74, 6) is 1.52. The van der Waals surface area contributed by atoms with Crippen molar-refractivity contribution in [1.82, 2.24) is 25.4 Å². The number of hydrogen-bond acceptors (Lipinski definition) is 3. The first-order chi connectivity index (χ1) is 13.3. The van der Waals surface area contributed by atoms with Crippen LogP contribution >= 0.6 is 35.6 Å². The van der Waals surface area contributed by atoms with Crippen LogP contribution in [0.2, 0.25) is 5.02 Å². The van der Waals surface area contributed by atoms with Gasteiger partial charge in [-0.2, -0.15) is 0 Å². The zero-order valence-corrected chi connectivity index (χ0v) is 18.8. The molecule has 0 amide bonds. The number of benzene rings is 2. The first kappa shape index (κ1) is 22.2. The Hall–Kier alpha value is -2.13. The third kappa shape index (κ3) is 6.20. The molecule has 0 aliphatic carbocycles. The van der Waals surface area contributed by atoms with Crippen LogP contribution in [0, 0.1) is 0 Å². The van der Waals surface area contributed by atoms with Crippen LogP contribution in [0.5, 0.6) is 0 Å². The number of hydrogen-bond donors (Lipinski definition) is 2. The molecule has 0 aliphatic rings. The van der Waals surface area contributed by atoms with E-state index >= 15 is 0 Å². The Kier molecular flexibility index (Phi) is 9.22. The van der Waals surface area contributed by atoms with Gasteiger partial charge >= 0.3 is 0 Å². The molecule has 0 unspecified atom stereocenters. The molecule has 1 heterocycles. The molecular weight excluding hydrogens is 487 g/mol. The molecule has 8 heteroatoms. The number of nitrogens with one attached hydrogen (secondary N) is 2. The Bertz CT molecular complexity index is 881. The Morgan fingerprint density at radius 3 is 2.57 bits per heavy atom. The Morgan fingerprint density at radius 1 is 1.07 bits per heavy atom. The zero-order chi connectivity index (χ0) is 18.9. The fraction of sp³-hybridized carbons (Fsp3) is 0.250. The average molecular weight is 511 g/mol. The first-order valence-corrected chi connectivity index (χ1v) is 9.35. The molecule has 0 fully saturated rings. The highest BCUT2D eigenvalue weighted by Crippen LogP contribution is 2.14. The molecule has 0 aliphatic heterocycles. The van der Waals surface area contributed by atoms with Gasteiger partial charge in [-0.05, 0) is 37.1 Å².